The summed E-state index contributed by atoms with van der Waals surface area (Å²) < 4.78 is 8.95. The van der Waals surface area contributed by atoms with Crippen LogP contribution in [0.25, 0.3) is 11.0 Å². The van der Waals surface area contributed by atoms with E-state index in [0.29, 0.717) is 49.4 Å². The van der Waals surface area contributed by atoms with E-state index >= 15 is 0 Å². The van der Waals surface area contributed by atoms with E-state index in [-0.39, 0.29) is 17.4 Å². The highest BCUT2D eigenvalue weighted by molar-refractivity contribution is 6.19. The summed E-state index contributed by atoms with van der Waals surface area (Å²) in [4.78, 5) is 45.1. The molecule has 0 saturated heterocycles. The van der Waals surface area contributed by atoms with E-state index in [0.717, 1.165) is 22.6 Å². The Hall–Kier alpha value is -4.18. The van der Waals surface area contributed by atoms with Gasteiger partial charge in [0.25, 0.3) is 5.56 Å². The fourth-order valence-corrected chi connectivity index (χ4v) is 5.49. The van der Waals surface area contributed by atoms with Crippen molar-refractivity contribution in [2.45, 2.75) is 47.3 Å². The third kappa shape index (κ3) is 4.83. The maximum Gasteiger partial charge on any atom is 0.261 e. The minimum Gasteiger partial charge on any atom is -0.464 e. The number of rotatable bonds is 8. The molecule has 0 aliphatic carbocycles. The first-order chi connectivity index (χ1) is 19.0. The van der Waals surface area contributed by atoms with Gasteiger partial charge in [-0.05, 0) is 63.6 Å². The van der Waals surface area contributed by atoms with E-state index in [4.69, 9.17) is 4.42 Å². The monoisotopic (exact) mass is 544 g/mol. The molecule has 0 spiro atoms. The van der Waals surface area contributed by atoms with Crippen molar-refractivity contribution in [2.24, 2.45) is 12.5 Å². The molecule has 1 aliphatic rings. The molecule has 0 atom stereocenters. The van der Waals surface area contributed by atoms with E-state index in [1.54, 1.807) is 47.5 Å². The number of fused-ring (bicyclic) bond motifs is 2. The second-order valence-electron chi connectivity index (χ2n) is 11.0. The Kier molecular flexibility index (Phi) is 7.14. The van der Waals surface area contributed by atoms with Gasteiger partial charge < -0.3 is 18.8 Å². The number of carbonyl (C=O) groups excluding carboxylic acids is 2. The summed E-state index contributed by atoms with van der Waals surface area (Å²) in [7, 11) is 3.66. The van der Waals surface area contributed by atoms with Crippen molar-refractivity contribution in [2.75, 3.05) is 29.9 Å². The van der Waals surface area contributed by atoms with Crippen molar-refractivity contribution in [3.05, 3.63) is 76.2 Å². The van der Waals surface area contributed by atoms with Crippen LogP contribution < -0.4 is 15.4 Å². The molecule has 2 amide bonds. The summed E-state index contributed by atoms with van der Waals surface area (Å²) in [5.74, 6) is -0.435. The summed E-state index contributed by atoms with van der Waals surface area (Å²) in [6, 6.07) is 11.5. The van der Waals surface area contributed by atoms with Crippen LogP contribution in [-0.4, -0.2) is 51.2 Å². The summed E-state index contributed by atoms with van der Waals surface area (Å²) in [6.07, 6.45) is 3.30. The largest absolute Gasteiger partial charge is 0.464 e. The number of aryl methyl sites for hydroxylation is 2. The highest BCUT2D eigenvalue weighted by Gasteiger charge is 2.45. The van der Waals surface area contributed by atoms with Crippen molar-refractivity contribution < 1.29 is 14.0 Å². The number of amides is 2. The number of benzene rings is 1. The number of hydrogen-bond acceptors (Lipinski definition) is 6. The lowest BCUT2D eigenvalue weighted by atomic mass is 9.90. The van der Waals surface area contributed by atoms with Crippen LogP contribution >= 0.6 is 0 Å². The molecule has 10 heteroatoms. The molecular weight excluding hydrogens is 508 g/mol. The number of carbonyl (C=O) groups is 2. The zero-order valence-electron chi connectivity index (χ0n) is 24.0. The summed E-state index contributed by atoms with van der Waals surface area (Å²) >= 11 is 0. The minimum atomic E-state index is -1.16. The van der Waals surface area contributed by atoms with Gasteiger partial charge >= 0.3 is 0 Å². The van der Waals surface area contributed by atoms with Crippen LogP contribution in [0.4, 0.5) is 11.4 Å². The normalized spacial score (nSPS) is 15.3. The van der Waals surface area contributed by atoms with Gasteiger partial charge in [-0.25, -0.2) is 0 Å². The maximum atomic E-state index is 13.3. The van der Waals surface area contributed by atoms with Gasteiger partial charge in [0.2, 0.25) is 11.8 Å². The van der Waals surface area contributed by atoms with Crippen molar-refractivity contribution in [3.63, 3.8) is 0 Å². The van der Waals surface area contributed by atoms with Gasteiger partial charge in [-0.3, -0.25) is 24.0 Å². The number of pyridine rings is 1. The smallest absolute Gasteiger partial charge is 0.261 e. The fourth-order valence-electron chi connectivity index (χ4n) is 5.49. The van der Waals surface area contributed by atoms with Crippen LogP contribution in [0.2, 0.25) is 0 Å². The standard InChI is InChI=1S/C30H36N6O4/c1-7-36-24-9-8-21(17-25(24)32(5)28(38)30(3,4)29(36)39)18-34(19-22-16-20(2)31-33(22)6)13-14-35-12-10-26-23(27(35)37)11-15-40-26/h8-12,15-17H,7,13-14,18-19H2,1-6H3. The first kappa shape index (κ1) is 27.4. The Labute approximate surface area is 233 Å². The van der Waals surface area contributed by atoms with Gasteiger partial charge in [0, 0.05) is 53.0 Å². The SMILES string of the molecule is CCN1C(=O)C(C)(C)C(=O)N(C)c2cc(CN(CCn3ccc4occc4c3=O)Cc3cc(C)nn3C)ccc21. The summed E-state index contributed by atoms with van der Waals surface area (Å²) in [5.41, 5.74) is 3.77. The quantitative estimate of drug-likeness (QED) is 0.314. The molecule has 4 aromatic rings. The number of anilines is 2. The predicted molar refractivity (Wildman–Crippen MR) is 154 cm³/mol. The lowest BCUT2D eigenvalue weighted by molar-refractivity contribution is -0.137. The van der Waals surface area contributed by atoms with Crippen molar-refractivity contribution in [3.8, 4) is 0 Å². The second-order valence-corrected chi connectivity index (χ2v) is 11.0. The highest BCUT2D eigenvalue weighted by Crippen LogP contribution is 2.39. The van der Waals surface area contributed by atoms with Gasteiger partial charge in [0.15, 0.2) is 0 Å². The first-order valence-electron chi connectivity index (χ1n) is 13.5. The molecule has 3 aromatic heterocycles. The number of hydrogen-bond donors (Lipinski definition) is 0. The van der Waals surface area contributed by atoms with Crippen LogP contribution in [0.15, 0.2) is 58.1 Å². The van der Waals surface area contributed by atoms with Gasteiger partial charge in [0.05, 0.1) is 34.4 Å². The first-order valence-corrected chi connectivity index (χ1v) is 13.5. The Morgan fingerprint density at radius 1 is 0.975 bits per heavy atom. The van der Waals surface area contributed by atoms with Gasteiger partial charge in [0.1, 0.15) is 11.0 Å². The molecule has 210 valence electrons. The molecule has 40 heavy (non-hydrogen) atoms. The number of furan rings is 1. The zero-order valence-corrected chi connectivity index (χ0v) is 24.0. The lowest BCUT2D eigenvalue weighted by Gasteiger charge is -2.27. The third-order valence-corrected chi connectivity index (χ3v) is 7.77. The van der Waals surface area contributed by atoms with Crippen LogP contribution in [0.3, 0.4) is 0 Å². The molecule has 0 unspecified atom stereocenters. The summed E-state index contributed by atoms with van der Waals surface area (Å²) in [5, 5.41) is 5.06. The Bertz CT molecular complexity index is 1650. The van der Waals surface area contributed by atoms with E-state index in [9.17, 15) is 14.4 Å². The third-order valence-electron chi connectivity index (χ3n) is 7.77. The Morgan fingerprint density at radius 3 is 2.45 bits per heavy atom. The van der Waals surface area contributed by atoms with Gasteiger partial charge in [-0.2, -0.15) is 5.10 Å². The summed E-state index contributed by atoms with van der Waals surface area (Å²) in [6.45, 7) is 10.0. The molecule has 10 nitrogen and oxygen atoms in total. The van der Waals surface area contributed by atoms with Crippen LogP contribution in [0.1, 0.15) is 37.7 Å². The Morgan fingerprint density at radius 2 is 1.75 bits per heavy atom. The van der Waals surface area contributed by atoms with Gasteiger partial charge in [-0.1, -0.05) is 6.07 Å². The molecule has 0 saturated carbocycles. The van der Waals surface area contributed by atoms with Crippen molar-refractivity contribution >= 4 is 34.2 Å². The predicted octanol–water partition coefficient (Wildman–Crippen LogP) is 3.69. The molecule has 4 heterocycles. The van der Waals surface area contributed by atoms with Crippen molar-refractivity contribution in [1.29, 1.82) is 0 Å². The second kappa shape index (κ2) is 10.4. The topological polar surface area (TPSA) is 96.8 Å². The average Bonchev–Trinajstić information content (AvgIpc) is 3.52. The van der Waals surface area contributed by atoms with Crippen LogP contribution in [0, 0.1) is 12.3 Å². The zero-order chi connectivity index (χ0) is 28.8. The fraction of sp³-hybridized carbons (Fsp3) is 0.400. The molecule has 0 bridgehead atoms. The molecular formula is C30H36N6O4. The molecule has 1 aromatic carbocycles. The maximum absolute atomic E-state index is 13.3. The number of aromatic nitrogens is 3. The molecule has 0 radical (unpaired) electrons. The Balaban J connectivity index is 1.46. The van der Waals surface area contributed by atoms with Crippen LogP contribution in [-0.2, 0) is 36.3 Å². The van der Waals surface area contributed by atoms with E-state index in [1.165, 1.54) is 6.26 Å². The highest BCUT2D eigenvalue weighted by atomic mass is 16.3. The molecule has 0 fully saturated rings. The van der Waals surface area contributed by atoms with Gasteiger partial charge in [-0.15, -0.1) is 0 Å². The minimum absolute atomic E-state index is 0.0836. The van der Waals surface area contributed by atoms with E-state index < -0.39 is 5.41 Å². The van der Waals surface area contributed by atoms with E-state index in [2.05, 4.69) is 16.1 Å². The van der Waals surface area contributed by atoms with Crippen LogP contribution in [0.5, 0.6) is 0 Å². The van der Waals surface area contributed by atoms with Crippen molar-refractivity contribution in [1.82, 2.24) is 19.2 Å². The van der Waals surface area contributed by atoms with E-state index in [1.807, 2.05) is 49.8 Å². The molecule has 1 aliphatic heterocycles. The molecule has 0 N–H and O–H groups in total. The number of nitrogens with zero attached hydrogens (tertiary/aromatic N) is 6. The molecule has 5 rings (SSSR count). The average molecular weight is 545 g/mol. The lowest BCUT2D eigenvalue weighted by Crippen LogP contribution is -2.47.